The van der Waals surface area contributed by atoms with Gasteiger partial charge in [-0.3, -0.25) is 4.79 Å². The number of hydrogen-bond acceptors (Lipinski definition) is 1. The second-order valence-electron chi connectivity index (χ2n) is 3.33. The highest BCUT2D eigenvalue weighted by Crippen LogP contribution is 2.29. The Kier molecular flexibility index (Phi) is 3.10. The average molecular weight is 197 g/mol. The predicted octanol–water partition coefficient (Wildman–Crippen LogP) is 3.12. The first-order valence-electron chi connectivity index (χ1n) is 4.36. The molecule has 0 aromatic heterocycles. The molecule has 0 radical (unpaired) electrons. The Bertz CT molecular complexity index is 294. The largest absolute Gasteiger partial charge is 0.280 e. The van der Waals surface area contributed by atoms with Crippen molar-refractivity contribution in [2.24, 2.45) is 0 Å². The fourth-order valence-electron chi connectivity index (χ4n) is 1.26. The van der Waals surface area contributed by atoms with Gasteiger partial charge in [0.15, 0.2) is 0 Å². The van der Waals surface area contributed by atoms with E-state index in [1.165, 1.54) is 0 Å². The molecule has 1 rings (SSSR count). The molecule has 0 aliphatic carbocycles. The van der Waals surface area contributed by atoms with Gasteiger partial charge in [-0.1, -0.05) is 37.3 Å². The van der Waals surface area contributed by atoms with Gasteiger partial charge in [0.2, 0.25) is 5.24 Å². The highest BCUT2D eigenvalue weighted by atomic mass is 35.5. The van der Waals surface area contributed by atoms with E-state index in [1.807, 2.05) is 44.2 Å². The second kappa shape index (κ2) is 3.93. The molecule has 13 heavy (non-hydrogen) atoms. The third kappa shape index (κ3) is 1.92. The Morgan fingerprint density at radius 2 is 1.92 bits per heavy atom. The fourth-order valence-corrected chi connectivity index (χ4v) is 1.51. The minimum absolute atomic E-state index is 0.291. The van der Waals surface area contributed by atoms with Gasteiger partial charge in [-0.2, -0.15) is 0 Å². The van der Waals surface area contributed by atoms with E-state index >= 15 is 0 Å². The summed E-state index contributed by atoms with van der Waals surface area (Å²) in [5.74, 6) is 0. The number of carbonyl (C=O) groups excluding carboxylic acids is 1. The quantitative estimate of drug-likeness (QED) is 0.679. The number of rotatable bonds is 3. The van der Waals surface area contributed by atoms with Crippen LogP contribution in [0, 0.1) is 0 Å². The molecule has 1 atom stereocenters. The van der Waals surface area contributed by atoms with Crippen LogP contribution in [0.4, 0.5) is 0 Å². The number of halogens is 1. The van der Waals surface area contributed by atoms with Crippen LogP contribution in [0.3, 0.4) is 0 Å². The lowest BCUT2D eigenvalue weighted by Gasteiger charge is -2.23. The van der Waals surface area contributed by atoms with Gasteiger partial charge in [0.25, 0.3) is 0 Å². The molecule has 0 aliphatic heterocycles. The lowest BCUT2D eigenvalue weighted by atomic mass is 9.81. The molecule has 1 aromatic rings. The van der Waals surface area contributed by atoms with Crippen LogP contribution in [0.15, 0.2) is 30.3 Å². The Labute approximate surface area is 83.7 Å². The Balaban J connectivity index is 3.11. The fraction of sp³-hybridized carbons (Fsp3) is 0.364. The molecule has 0 spiro atoms. The van der Waals surface area contributed by atoms with E-state index in [2.05, 4.69) is 0 Å². The summed E-state index contributed by atoms with van der Waals surface area (Å²) in [7, 11) is 0. The third-order valence-corrected chi connectivity index (χ3v) is 2.97. The van der Waals surface area contributed by atoms with Gasteiger partial charge in [-0.15, -0.1) is 0 Å². The maximum Gasteiger partial charge on any atom is 0.231 e. The topological polar surface area (TPSA) is 17.1 Å². The monoisotopic (exact) mass is 196 g/mol. The molecule has 0 aliphatic rings. The summed E-state index contributed by atoms with van der Waals surface area (Å²) in [5, 5.41) is -0.291. The van der Waals surface area contributed by atoms with Crippen LogP contribution in [0.2, 0.25) is 0 Å². The van der Waals surface area contributed by atoms with E-state index in [1.54, 1.807) is 0 Å². The van der Waals surface area contributed by atoms with Gasteiger partial charge in [-0.25, -0.2) is 0 Å². The summed E-state index contributed by atoms with van der Waals surface area (Å²) < 4.78 is 0. The van der Waals surface area contributed by atoms with Crippen molar-refractivity contribution >= 4 is 16.8 Å². The van der Waals surface area contributed by atoms with E-state index in [-0.39, 0.29) is 5.24 Å². The van der Waals surface area contributed by atoms with Gasteiger partial charge >= 0.3 is 0 Å². The van der Waals surface area contributed by atoms with E-state index < -0.39 is 5.41 Å². The van der Waals surface area contributed by atoms with Gasteiger partial charge in [0, 0.05) is 0 Å². The highest BCUT2D eigenvalue weighted by Gasteiger charge is 2.31. The Morgan fingerprint density at radius 1 is 1.38 bits per heavy atom. The molecule has 1 aromatic carbocycles. The van der Waals surface area contributed by atoms with Crippen molar-refractivity contribution in [3.05, 3.63) is 35.9 Å². The lowest BCUT2D eigenvalue weighted by molar-refractivity contribution is -0.116. The summed E-state index contributed by atoms with van der Waals surface area (Å²) in [6.07, 6.45) is 0.722. The minimum atomic E-state index is -0.539. The minimum Gasteiger partial charge on any atom is -0.280 e. The van der Waals surface area contributed by atoms with Gasteiger partial charge in [0.05, 0.1) is 5.41 Å². The number of hydrogen-bond donors (Lipinski definition) is 0. The number of benzene rings is 1. The van der Waals surface area contributed by atoms with Crippen molar-refractivity contribution in [1.82, 2.24) is 0 Å². The van der Waals surface area contributed by atoms with Crippen LogP contribution in [0.25, 0.3) is 0 Å². The molecular formula is C11H13ClO. The molecule has 0 bridgehead atoms. The molecule has 70 valence electrons. The summed E-state index contributed by atoms with van der Waals surface area (Å²) >= 11 is 5.58. The second-order valence-corrected chi connectivity index (χ2v) is 3.67. The molecule has 0 amide bonds. The maximum absolute atomic E-state index is 11.3. The van der Waals surface area contributed by atoms with Crippen molar-refractivity contribution in [2.75, 3.05) is 0 Å². The smallest absolute Gasteiger partial charge is 0.231 e. The zero-order valence-corrected chi connectivity index (χ0v) is 8.64. The molecule has 1 nitrogen and oxygen atoms in total. The molecule has 2 heteroatoms. The van der Waals surface area contributed by atoms with Crippen molar-refractivity contribution in [3.63, 3.8) is 0 Å². The standard InChI is InChI=1S/C11H13ClO/c1-3-11(2,10(12)13)9-7-5-4-6-8-9/h4-8H,3H2,1-2H3/t11-/m1/s1. The SMILES string of the molecule is CC[C@@](C)(C(=O)Cl)c1ccccc1. The van der Waals surface area contributed by atoms with Crippen LogP contribution >= 0.6 is 11.6 Å². The first-order chi connectivity index (χ1) is 6.11. The third-order valence-electron chi connectivity index (χ3n) is 2.55. The van der Waals surface area contributed by atoms with Crippen LogP contribution < -0.4 is 0 Å². The van der Waals surface area contributed by atoms with Crippen molar-refractivity contribution in [1.29, 1.82) is 0 Å². The molecule has 0 heterocycles. The number of carbonyl (C=O) groups is 1. The van der Waals surface area contributed by atoms with E-state index in [0.717, 1.165) is 12.0 Å². The van der Waals surface area contributed by atoms with Gasteiger partial charge < -0.3 is 0 Å². The summed E-state index contributed by atoms with van der Waals surface area (Å²) in [4.78, 5) is 11.3. The predicted molar refractivity (Wildman–Crippen MR) is 54.9 cm³/mol. The normalized spacial score (nSPS) is 15.0. The van der Waals surface area contributed by atoms with E-state index in [4.69, 9.17) is 11.6 Å². The zero-order valence-electron chi connectivity index (χ0n) is 7.88. The van der Waals surface area contributed by atoms with Crippen LogP contribution in [-0.4, -0.2) is 5.24 Å². The van der Waals surface area contributed by atoms with E-state index in [9.17, 15) is 4.79 Å². The summed E-state index contributed by atoms with van der Waals surface area (Å²) in [5.41, 5.74) is 0.445. The van der Waals surface area contributed by atoms with Crippen molar-refractivity contribution in [3.8, 4) is 0 Å². The first-order valence-corrected chi connectivity index (χ1v) is 4.74. The highest BCUT2D eigenvalue weighted by molar-refractivity contribution is 6.65. The van der Waals surface area contributed by atoms with Crippen LogP contribution in [0.5, 0.6) is 0 Å². The first kappa shape index (κ1) is 10.3. The molecule has 0 saturated heterocycles. The Hall–Kier alpha value is -0.820. The van der Waals surface area contributed by atoms with Gasteiger partial charge in [-0.05, 0) is 30.5 Å². The summed E-state index contributed by atoms with van der Waals surface area (Å²) in [6.45, 7) is 3.84. The maximum atomic E-state index is 11.3. The van der Waals surface area contributed by atoms with E-state index in [0.29, 0.717) is 0 Å². The Morgan fingerprint density at radius 3 is 2.31 bits per heavy atom. The molecule has 0 unspecified atom stereocenters. The molecule has 0 N–H and O–H groups in total. The van der Waals surface area contributed by atoms with Crippen molar-refractivity contribution in [2.45, 2.75) is 25.7 Å². The zero-order chi connectivity index (χ0) is 9.90. The molecule has 0 saturated carbocycles. The average Bonchev–Trinajstić information content (AvgIpc) is 2.17. The summed E-state index contributed by atoms with van der Waals surface area (Å²) in [6, 6.07) is 9.64. The lowest BCUT2D eigenvalue weighted by Crippen LogP contribution is -2.27. The van der Waals surface area contributed by atoms with Crippen LogP contribution in [-0.2, 0) is 10.2 Å². The van der Waals surface area contributed by atoms with Crippen LogP contribution in [0.1, 0.15) is 25.8 Å². The molecule has 0 fully saturated rings. The van der Waals surface area contributed by atoms with Gasteiger partial charge in [0.1, 0.15) is 0 Å². The molecular weight excluding hydrogens is 184 g/mol. The van der Waals surface area contributed by atoms with Crippen molar-refractivity contribution < 1.29 is 4.79 Å².